The number of nitrogens with zero attached hydrogens (tertiary/aromatic N) is 1. The highest BCUT2D eigenvalue weighted by atomic mass is 32.2. The lowest BCUT2D eigenvalue weighted by Crippen LogP contribution is -2.34. The number of ether oxygens (including phenoxy) is 1. The highest BCUT2D eigenvalue weighted by Gasteiger charge is 2.45. The van der Waals surface area contributed by atoms with E-state index in [0.717, 1.165) is 37.3 Å². The van der Waals surface area contributed by atoms with E-state index in [4.69, 9.17) is 4.74 Å². The molecule has 0 aliphatic carbocycles. The van der Waals surface area contributed by atoms with Crippen molar-refractivity contribution in [2.45, 2.75) is 24.7 Å². The number of sulfonamides is 1. The Hall–Kier alpha value is -0.960. The van der Waals surface area contributed by atoms with Gasteiger partial charge in [0.1, 0.15) is 9.77 Å². The summed E-state index contributed by atoms with van der Waals surface area (Å²) in [5.74, 6) is -0.590. The van der Waals surface area contributed by atoms with E-state index in [9.17, 15) is 13.2 Å². The van der Waals surface area contributed by atoms with Crippen LogP contribution in [-0.2, 0) is 14.8 Å². The van der Waals surface area contributed by atoms with Crippen LogP contribution in [0.15, 0.2) is 10.3 Å². The third-order valence-electron chi connectivity index (χ3n) is 4.62. The van der Waals surface area contributed by atoms with Gasteiger partial charge in [0.25, 0.3) is 0 Å². The first kappa shape index (κ1) is 15.9. The van der Waals surface area contributed by atoms with Gasteiger partial charge in [-0.05, 0) is 42.7 Å². The van der Waals surface area contributed by atoms with E-state index < -0.39 is 16.0 Å². The van der Waals surface area contributed by atoms with Gasteiger partial charge in [-0.3, -0.25) is 0 Å². The third-order valence-corrected chi connectivity index (χ3v) is 7.86. The lowest BCUT2D eigenvalue weighted by Gasteiger charge is -2.22. The molecule has 2 aliphatic rings. The van der Waals surface area contributed by atoms with E-state index in [1.165, 1.54) is 11.4 Å². The Morgan fingerprint density at radius 1 is 1.45 bits per heavy atom. The van der Waals surface area contributed by atoms with Gasteiger partial charge < -0.3 is 10.1 Å². The van der Waals surface area contributed by atoms with Crippen LogP contribution >= 0.6 is 11.3 Å². The zero-order valence-electron chi connectivity index (χ0n) is 12.7. The minimum atomic E-state index is -3.66. The van der Waals surface area contributed by atoms with Gasteiger partial charge in [-0.2, -0.15) is 4.31 Å². The number of nitrogens with one attached hydrogen (secondary N) is 1. The smallest absolute Gasteiger partial charge is 0.349 e. The molecule has 122 valence electrons. The maximum Gasteiger partial charge on any atom is 0.349 e. The molecule has 1 aromatic heterocycles. The van der Waals surface area contributed by atoms with E-state index in [1.807, 2.05) is 0 Å². The Bertz CT molecular complexity index is 690. The molecule has 3 rings (SSSR count). The van der Waals surface area contributed by atoms with Crippen molar-refractivity contribution in [2.75, 3.05) is 33.3 Å². The van der Waals surface area contributed by atoms with Crippen LogP contribution in [0.5, 0.6) is 0 Å². The molecule has 3 heterocycles. The topological polar surface area (TPSA) is 75.7 Å². The number of esters is 1. The van der Waals surface area contributed by atoms with Crippen LogP contribution in [0.4, 0.5) is 0 Å². The van der Waals surface area contributed by atoms with Crippen molar-refractivity contribution >= 4 is 27.3 Å². The van der Waals surface area contributed by atoms with Crippen molar-refractivity contribution in [1.29, 1.82) is 0 Å². The van der Waals surface area contributed by atoms with Gasteiger partial charge in [-0.15, -0.1) is 11.3 Å². The van der Waals surface area contributed by atoms with E-state index in [-0.39, 0.29) is 15.2 Å². The standard InChI is InChI=1S/C14H20N2O4S2/c1-10-7-21-11(13(17)20-2)12(10)22(18,19)16-6-4-14(9-16)3-5-15-8-14/h7,15H,3-6,8-9H2,1-2H3. The highest BCUT2D eigenvalue weighted by Crippen LogP contribution is 2.40. The quantitative estimate of drug-likeness (QED) is 0.835. The molecule has 1 N–H and O–H groups in total. The van der Waals surface area contributed by atoms with Crippen molar-refractivity contribution in [1.82, 2.24) is 9.62 Å². The first-order chi connectivity index (χ1) is 10.4. The predicted octanol–water partition coefficient (Wildman–Crippen LogP) is 1.22. The molecule has 22 heavy (non-hydrogen) atoms. The summed E-state index contributed by atoms with van der Waals surface area (Å²) in [6.45, 7) is 4.57. The predicted molar refractivity (Wildman–Crippen MR) is 83.7 cm³/mol. The first-order valence-corrected chi connectivity index (χ1v) is 9.59. The molecule has 2 saturated heterocycles. The molecule has 2 fully saturated rings. The van der Waals surface area contributed by atoms with Crippen LogP contribution in [0.2, 0.25) is 0 Å². The molecule has 0 radical (unpaired) electrons. The lowest BCUT2D eigenvalue weighted by atomic mass is 9.87. The summed E-state index contributed by atoms with van der Waals surface area (Å²) in [4.78, 5) is 12.1. The van der Waals surface area contributed by atoms with E-state index >= 15 is 0 Å². The van der Waals surface area contributed by atoms with Gasteiger partial charge in [0, 0.05) is 19.6 Å². The minimum Gasteiger partial charge on any atom is -0.465 e. The van der Waals surface area contributed by atoms with Crippen LogP contribution in [-0.4, -0.2) is 52.0 Å². The second kappa shape index (κ2) is 5.59. The molecule has 0 amide bonds. The van der Waals surface area contributed by atoms with Gasteiger partial charge >= 0.3 is 5.97 Å². The summed E-state index contributed by atoms with van der Waals surface area (Å²) in [5.41, 5.74) is 0.665. The molecular formula is C14H20N2O4S2. The number of thiophene rings is 1. The summed E-state index contributed by atoms with van der Waals surface area (Å²) in [6, 6.07) is 0. The summed E-state index contributed by atoms with van der Waals surface area (Å²) in [7, 11) is -2.39. The molecule has 2 aliphatic heterocycles. The summed E-state index contributed by atoms with van der Waals surface area (Å²) in [6.07, 6.45) is 1.88. The number of rotatable bonds is 3. The summed E-state index contributed by atoms with van der Waals surface area (Å²) < 4.78 is 32.3. The van der Waals surface area contributed by atoms with Gasteiger partial charge in [0.05, 0.1) is 7.11 Å². The van der Waals surface area contributed by atoms with Crippen LogP contribution in [0.25, 0.3) is 0 Å². The Labute approximate surface area is 134 Å². The number of carbonyl (C=O) groups excluding carboxylic acids is 1. The number of aryl methyl sites for hydroxylation is 1. The molecule has 1 unspecified atom stereocenters. The van der Waals surface area contributed by atoms with Crippen LogP contribution < -0.4 is 5.32 Å². The fourth-order valence-electron chi connectivity index (χ4n) is 3.36. The molecule has 8 heteroatoms. The average molecular weight is 344 g/mol. The summed E-state index contributed by atoms with van der Waals surface area (Å²) in [5, 5.41) is 5.01. The van der Waals surface area contributed by atoms with Gasteiger partial charge in [-0.1, -0.05) is 0 Å². The number of methoxy groups -OCH3 is 1. The molecule has 0 bridgehead atoms. The van der Waals surface area contributed by atoms with Crippen LogP contribution in [0.1, 0.15) is 28.1 Å². The van der Waals surface area contributed by atoms with Crippen molar-refractivity contribution < 1.29 is 17.9 Å². The van der Waals surface area contributed by atoms with Crippen molar-refractivity contribution in [3.05, 3.63) is 15.8 Å². The molecule has 1 atom stereocenters. The van der Waals surface area contributed by atoms with Gasteiger partial charge in [-0.25, -0.2) is 13.2 Å². The van der Waals surface area contributed by atoms with E-state index in [1.54, 1.807) is 12.3 Å². The van der Waals surface area contributed by atoms with Gasteiger partial charge in [0.15, 0.2) is 0 Å². The zero-order valence-corrected chi connectivity index (χ0v) is 14.3. The summed E-state index contributed by atoms with van der Waals surface area (Å²) >= 11 is 1.13. The van der Waals surface area contributed by atoms with Crippen molar-refractivity contribution in [3.8, 4) is 0 Å². The Kier molecular flexibility index (Phi) is 4.05. The Balaban J connectivity index is 1.94. The SMILES string of the molecule is COC(=O)c1scc(C)c1S(=O)(=O)N1CCC2(CCNC2)C1. The highest BCUT2D eigenvalue weighted by molar-refractivity contribution is 7.89. The maximum absolute atomic E-state index is 13.0. The molecular weight excluding hydrogens is 324 g/mol. The van der Waals surface area contributed by atoms with Crippen molar-refractivity contribution in [2.24, 2.45) is 5.41 Å². The average Bonchev–Trinajstić information content (AvgIpc) is 3.20. The van der Waals surface area contributed by atoms with E-state index in [0.29, 0.717) is 18.7 Å². The van der Waals surface area contributed by atoms with Gasteiger partial charge in [0.2, 0.25) is 10.0 Å². The Morgan fingerprint density at radius 3 is 2.86 bits per heavy atom. The minimum absolute atomic E-state index is 0.0580. The number of carbonyl (C=O) groups is 1. The molecule has 0 aromatic carbocycles. The maximum atomic E-state index is 13.0. The van der Waals surface area contributed by atoms with Crippen LogP contribution in [0, 0.1) is 12.3 Å². The largest absolute Gasteiger partial charge is 0.465 e. The Morgan fingerprint density at radius 2 is 2.23 bits per heavy atom. The molecule has 1 aromatic rings. The van der Waals surface area contributed by atoms with Crippen LogP contribution in [0.3, 0.4) is 0 Å². The normalized spacial score (nSPS) is 25.9. The first-order valence-electron chi connectivity index (χ1n) is 7.27. The fraction of sp³-hybridized carbons (Fsp3) is 0.643. The molecule has 0 saturated carbocycles. The van der Waals surface area contributed by atoms with E-state index in [2.05, 4.69) is 5.32 Å². The molecule has 6 nitrogen and oxygen atoms in total. The monoisotopic (exact) mass is 344 g/mol. The fourth-order valence-corrected chi connectivity index (χ4v) is 6.57. The zero-order chi connectivity index (χ0) is 16.0. The third kappa shape index (κ3) is 2.47. The lowest BCUT2D eigenvalue weighted by molar-refractivity contribution is 0.0602. The second-order valence-corrected chi connectivity index (χ2v) is 8.84. The number of hydrogen-bond donors (Lipinski definition) is 1. The number of hydrogen-bond acceptors (Lipinski definition) is 6. The molecule has 1 spiro atoms. The second-order valence-electron chi connectivity index (χ2n) is 6.08. The van der Waals surface area contributed by atoms with Crippen molar-refractivity contribution in [3.63, 3.8) is 0 Å².